The lowest BCUT2D eigenvalue weighted by Gasteiger charge is -2.19. The third-order valence-electron chi connectivity index (χ3n) is 3.61. The minimum atomic E-state index is -0.388. The maximum atomic E-state index is 11.7. The zero-order valence-electron chi connectivity index (χ0n) is 11.4. The van der Waals surface area contributed by atoms with Gasteiger partial charge in [-0.3, -0.25) is 0 Å². The number of pyridine rings is 1. The van der Waals surface area contributed by atoms with Crippen LogP contribution in [0.4, 0.5) is 0 Å². The number of methoxy groups -OCH3 is 1. The number of hydrogen-bond donors (Lipinski definition) is 0. The lowest BCUT2D eigenvalue weighted by atomic mass is 9.99. The first-order valence-corrected chi connectivity index (χ1v) is 7.94. The number of aromatic nitrogens is 3. The second-order valence-electron chi connectivity index (χ2n) is 4.96. The molecule has 1 aliphatic heterocycles. The Kier molecular flexibility index (Phi) is 3.91. The monoisotopic (exact) mass is 291 g/mol. The Labute approximate surface area is 121 Å². The van der Waals surface area contributed by atoms with Gasteiger partial charge in [-0.2, -0.15) is 16.9 Å². The number of carbonyl (C=O) groups excluding carboxylic acids is 1. The van der Waals surface area contributed by atoms with Crippen molar-refractivity contribution in [2.45, 2.75) is 19.3 Å². The van der Waals surface area contributed by atoms with Crippen molar-refractivity contribution < 1.29 is 9.53 Å². The summed E-state index contributed by atoms with van der Waals surface area (Å²) in [4.78, 5) is 16.2. The summed E-state index contributed by atoms with van der Waals surface area (Å²) in [6, 6.07) is 5.37. The van der Waals surface area contributed by atoms with Gasteiger partial charge in [0.1, 0.15) is 0 Å². The highest BCUT2D eigenvalue weighted by Gasteiger charge is 2.18. The molecule has 0 atom stereocenters. The van der Waals surface area contributed by atoms with E-state index in [4.69, 9.17) is 4.74 Å². The van der Waals surface area contributed by atoms with Crippen LogP contribution >= 0.6 is 11.8 Å². The van der Waals surface area contributed by atoms with E-state index in [1.165, 1.54) is 31.5 Å². The molecule has 0 saturated carbocycles. The molecule has 0 aromatic carbocycles. The molecule has 0 spiro atoms. The van der Waals surface area contributed by atoms with Crippen molar-refractivity contribution in [2.75, 3.05) is 18.6 Å². The van der Waals surface area contributed by atoms with Crippen molar-refractivity contribution in [2.24, 2.45) is 5.92 Å². The minimum Gasteiger partial charge on any atom is -0.464 e. The van der Waals surface area contributed by atoms with E-state index >= 15 is 0 Å². The molecule has 20 heavy (non-hydrogen) atoms. The van der Waals surface area contributed by atoms with Gasteiger partial charge in [-0.25, -0.2) is 14.3 Å². The summed E-state index contributed by atoms with van der Waals surface area (Å²) in [6.45, 7) is 0. The Hall–Kier alpha value is -1.56. The second kappa shape index (κ2) is 5.83. The van der Waals surface area contributed by atoms with Crippen molar-refractivity contribution in [3.63, 3.8) is 0 Å². The maximum absolute atomic E-state index is 11.7. The molecular weight excluding hydrogens is 274 g/mol. The highest BCUT2D eigenvalue weighted by Crippen LogP contribution is 2.25. The van der Waals surface area contributed by atoms with Gasteiger partial charge in [-0.1, -0.05) is 6.07 Å². The number of fused-ring (bicyclic) bond motifs is 1. The van der Waals surface area contributed by atoms with Gasteiger partial charge < -0.3 is 4.74 Å². The Bertz CT molecular complexity index is 620. The number of esters is 1. The van der Waals surface area contributed by atoms with Crippen LogP contribution in [0.5, 0.6) is 0 Å². The molecule has 1 saturated heterocycles. The second-order valence-corrected chi connectivity index (χ2v) is 6.19. The van der Waals surface area contributed by atoms with Crippen LogP contribution in [0.25, 0.3) is 5.65 Å². The molecule has 0 N–H and O–H groups in total. The molecule has 2 aromatic rings. The minimum absolute atomic E-state index is 0.388. The highest BCUT2D eigenvalue weighted by molar-refractivity contribution is 7.99. The topological polar surface area (TPSA) is 56.5 Å². The van der Waals surface area contributed by atoms with Gasteiger partial charge in [0.05, 0.1) is 7.11 Å². The normalized spacial score (nSPS) is 16.4. The Morgan fingerprint density at radius 2 is 2.25 bits per heavy atom. The predicted octanol–water partition coefficient (Wildman–Crippen LogP) is 2.20. The van der Waals surface area contributed by atoms with Gasteiger partial charge in [-0.05, 0) is 42.4 Å². The fourth-order valence-corrected chi connectivity index (χ4v) is 3.71. The van der Waals surface area contributed by atoms with E-state index in [9.17, 15) is 4.79 Å². The van der Waals surface area contributed by atoms with Gasteiger partial charge in [0.25, 0.3) is 0 Å². The average Bonchev–Trinajstić information content (AvgIpc) is 2.89. The molecule has 1 aliphatic rings. The first-order valence-electron chi connectivity index (χ1n) is 6.78. The number of rotatable bonds is 3. The molecule has 0 amide bonds. The molecular formula is C14H17N3O2S. The summed E-state index contributed by atoms with van der Waals surface area (Å²) >= 11 is 2.02. The first-order chi connectivity index (χ1) is 9.78. The molecule has 0 aliphatic carbocycles. The zero-order chi connectivity index (χ0) is 13.9. The first kappa shape index (κ1) is 13.4. The van der Waals surface area contributed by atoms with E-state index in [2.05, 4.69) is 10.1 Å². The summed E-state index contributed by atoms with van der Waals surface area (Å²) in [5.41, 5.74) is 1.12. The van der Waals surface area contributed by atoms with Crippen LogP contribution < -0.4 is 0 Å². The SMILES string of the molecule is COC(=O)c1cccc2nc(CC3CCSCC3)nn12. The standard InChI is InChI=1S/C14H17N3O2S/c1-19-14(18)11-3-2-4-13-15-12(16-17(11)13)9-10-5-7-20-8-6-10/h2-4,10H,5-9H2,1H3. The molecule has 0 radical (unpaired) electrons. The largest absolute Gasteiger partial charge is 0.464 e. The molecule has 0 unspecified atom stereocenters. The molecule has 2 aromatic heterocycles. The van der Waals surface area contributed by atoms with Crippen molar-refractivity contribution in [1.29, 1.82) is 0 Å². The van der Waals surface area contributed by atoms with Crippen LogP contribution in [-0.2, 0) is 11.2 Å². The number of nitrogens with zero attached hydrogens (tertiary/aromatic N) is 3. The average molecular weight is 291 g/mol. The third kappa shape index (κ3) is 2.65. The summed E-state index contributed by atoms with van der Waals surface area (Å²) < 4.78 is 6.36. The van der Waals surface area contributed by atoms with Crippen molar-refractivity contribution >= 4 is 23.4 Å². The van der Waals surface area contributed by atoms with E-state index < -0.39 is 0 Å². The highest BCUT2D eigenvalue weighted by atomic mass is 32.2. The number of hydrogen-bond acceptors (Lipinski definition) is 5. The van der Waals surface area contributed by atoms with Crippen LogP contribution in [0.2, 0.25) is 0 Å². The van der Waals surface area contributed by atoms with Crippen molar-refractivity contribution in [3.8, 4) is 0 Å². The van der Waals surface area contributed by atoms with Crippen LogP contribution in [0.15, 0.2) is 18.2 Å². The van der Waals surface area contributed by atoms with Gasteiger partial charge in [-0.15, -0.1) is 0 Å². The van der Waals surface area contributed by atoms with Gasteiger partial charge >= 0.3 is 5.97 Å². The molecule has 0 bridgehead atoms. The molecule has 3 heterocycles. The lowest BCUT2D eigenvalue weighted by molar-refractivity contribution is 0.0591. The lowest BCUT2D eigenvalue weighted by Crippen LogP contribution is -2.13. The fourth-order valence-electron chi connectivity index (χ4n) is 2.50. The molecule has 6 heteroatoms. The fraction of sp³-hybridized carbons (Fsp3) is 0.500. The number of carbonyl (C=O) groups is 1. The predicted molar refractivity (Wildman–Crippen MR) is 78.1 cm³/mol. The summed E-state index contributed by atoms with van der Waals surface area (Å²) in [7, 11) is 1.37. The van der Waals surface area contributed by atoms with Gasteiger partial charge in [0.2, 0.25) is 0 Å². The molecule has 1 fully saturated rings. The Morgan fingerprint density at radius 1 is 1.45 bits per heavy atom. The third-order valence-corrected chi connectivity index (χ3v) is 4.66. The Morgan fingerprint density at radius 3 is 3.00 bits per heavy atom. The smallest absolute Gasteiger partial charge is 0.356 e. The molecule has 5 nitrogen and oxygen atoms in total. The molecule has 3 rings (SSSR count). The van der Waals surface area contributed by atoms with E-state index in [-0.39, 0.29) is 5.97 Å². The van der Waals surface area contributed by atoms with E-state index in [0.29, 0.717) is 17.3 Å². The van der Waals surface area contributed by atoms with Crippen LogP contribution in [0.1, 0.15) is 29.2 Å². The zero-order valence-corrected chi connectivity index (χ0v) is 12.2. The van der Waals surface area contributed by atoms with Crippen LogP contribution in [0.3, 0.4) is 0 Å². The summed E-state index contributed by atoms with van der Waals surface area (Å²) in [5.74, 6) is 3.55. The van der Waals surface area contributed by atoms with Gasteiger partial charge in [0.15, 0.2) is 17.2 Å². The number of ether oxygens (including phenoxy) is 1. The van der Waals surface area contributed by atoms with E-state index in [1.807, 2.05) is 17.8 Å². The van der Waals surface area contributed by atoms with E-state index in [0.717, 1.165) is 12.2 Å². The molecule has 106 valence electrons. The van der Waals surface area contributed by atoms with Crippen molar-refractivity contribution in [3.05, 3.63) is 29.7 Å². The Balaban J connectivity index is 1.88. The van der Waals surface area contributed by atoms with Gasteiger partial charge in [0, 0.05) is 6.42 Å². The quantitative estimate of drug-likeness (QED) is 0.811. The summed E-state index contributed by atoms with van der Waals surface area (Å²) in [5, 5.41) is 4.47. The van der Waals surface area contributed by atoms with E-state index in [1.54, 1.807) is 16.6 Å². The van der Waals surface area contributed by atoms with Crippen LogP contribution in [0, 0.1) is 5.92 Å². The maximum Gasteiger partial charge on any atom is 0.356 e. The van der Waals surface area contributed by atoms with Crippen LogP contribution in [-0.4, -0.2) is 39.2 Å². The van der Waals surface area contributed by atoms with Crippen molar-refractivity contribution in [1.82, 2.24) is 14.6 Å². The number of thioether (sulfide) groups is 1. The summed E-state index contributed by atoms with van der Waals surface area (Å²) in [6.07, 6.45) is 3.34.